The maximum Gasteiger partial charge on any atom is 0.223 e. The molecule has 1 fully saturated rings. The molecule has 0 spiro atoms. The first-order valence-corrected chi connectivity index (χ1v) is 6.65. The Morgan fingerprint density at radius 3 is 2.29 bits per heavy atom. The largest absolute Gasteiger partial charge is 0.356 e. The van der Waals surface area contributed by atoms with Gasteiger partial charge in [-0.05, 0) is 36.8 Å². The molecule has 0 heterocycles. The summed E-state index contributed by atoms with van der Waals surface area (Å²) in [5.74, 6) is 0.564. The number of amides is 1. The summed E-state index contributed by atoms with van der Waals surface area (Å²) in [6.07, 6.45) is 5.44. The number of hydrogen-bond acceptors (Lipinski definition) is 1. The third-order valence-corrected chi connectivity index (χ3v) is 3.22. The number of hydrogen-bond donors (Lipinski definition) is 1. The van der Waals surface area contributed by atoms with Crippen LogP contribution >= 0.6 is 0 Å². The van der Waals surface area contributed by atoms with Crippen molar-refractivity contribution in [2.24, 2.45) is 5.92 Å². The van der Waals surface area contributed by atoms with Crippen LogP contribution in [0.3, 0.4) is 0 Å². The number of nitrogens with one attached hydrogen (secondary N) is 1. The first kappa shape index (κ1) is 12.2. The average Bonchev–Trinajstić information content (AvgIpc) is 3.15. The number of aryl methyl sites for hydroxylation is 1. The summed E-state index contributed by atoms with van der Waals surface area (Å²) < 4.78 is 0. The highest BCUT2D eigenvalue weighted by Gasteiger charge is 2.28. The van der Waals surface area contributed by atoms with Crippen molar-refractivity contribution in [1.29, 1.82) is 0 Å². The molecule has 1 aromatic carbocycles. The third kappa shape index (κ3) is 3.88. The number of rotatable bonds is 6. The van der Waals surface area contributed by atoms with Crippen LogP contribution in [0.5, 0.6) is 0 Å². The smallest absolute Gasteiger partial charge is 0.223 e. The van der Waals surface area contributed by atoms with Gasteiger partial charge in [-0.3, -0.25) is 4.79 Å². The zero-order valence-corrected chi connectivity index (χ0v) is 10.5. The molecule has 2 nitrogen and oxygen atoms in total. The molecule has 0 bridgehead atoms. The van der Waals surface area contributed by atoms with E-state index in [1.54, 1.807) is 0 Å². The van der Waals surface area contributed by atoms with E-state index in [2.05, 4.69) is 36.5 Å². The van der Waals surface area contributed by atoms with Crippen molar-refractivity contribution in [3.63, 3.8) is 0 Å². The predicted molar refractivity (Wildman–Crippen MR) is 69.9 cm³/mol. The molecular formula is C15H21NO. The lowest BCUT2D eigenvalue weighted by Crippen LogP contribution is -2.26. The van der Waals surface area contributed by atoms with E-state index in [4.69, 9.17) is 0 Å². The molecule has 1 aliphatic rings. The molecule has 1 aliphatic carbocycles. The van der Waals surface area contributed by atoms with Crippen LogP contribution in [0.2, 0.25) is 0 Å². The molecule has 1 amide bonds. The van der Waals surface area contributed by atoms with Gasteiger partial charge < -0.3 is 5.32 Å². The Hall–Kier alpha value is -1.31. The van der Waals surface area contributed by atoms with Crippen LogP contribution in [-0.2, 0) is 17.6 Å². The fraction of sp³-hybridized carbons (Fsp3) is 0.533. The summed E-state index contributed by atoms with van der Waals surface area (Å²) in [6.45, 7) is 2.96. The van der Waals surface area contributed by atoms with E-state index in [-0.39, 0.29) is 5.91 Å². The van der Waals surface area contributed by atoms with Gasteiger partial charge in [-0.2, -0.15) is 0 Å². The highest BCUT2D eigenvalue weighted by Crippen LogP contribution is 2.28. The Balaban J connectivity index is 1.72. The summed E-state index contributed by atoms with van der Waals surface area (Å²) in [4.78, 5) is 11.4. The minimum absolute atomic E-state index is 0.243. The maximum atomic E-state index is 11.4. The van der Waals surface area contributed by atoms with E-state index in [1.165, 1.54) is 17.5 Å². The number of benzene rings is 1. The van der Waals surface area contributed by atoms with Crippen LogP contribution in [0.4, 0.5) is 0 Å². The van der Waals surface area contributed by atoms with Crippen molar-refractivity contribution in [3.05, 3.63) is 35.4 Å². The Morgan fingerprint density at radius 1 is 1.18 bits per heavy atom. The fourth-order valence-corrected chi connectivity index (χ4v) is 1.98. The molecule has 0 aromatic heterocycles. The lowest BCUT2D eigenvalue weighted by molar-refractivity contribution is -0.122. The van der Waals surface area contributed by atoms with Crippen LogP contribution in [0.15, 0.2) is 24.3 Å². The van der Waals surface area contributed by atoms with Crippen molar-refractivity contribution < 1.29 is 4.79 Å². The second-order valence-corrected chi connectivity index (χ2v) is 4.88. The topological polar surface area (TPSA) is 29.1 Å². The minimum Gasteiger partial charge on any atom is -0.356 e. The van der Waals surface area contributed by atoms with E-state index in [1.807, 2.05) is 0 Å². The van der Waals surface area contributed by atoms with Gasteiger partial charge in [-0.15, -0.1) is 0 Å². The van der Waals surface area contributed by atoms with E-state index < -0.39 is 0 Å². The highest BCUT2D eigenvalue weighted by molar-refractivity contribution is 5.80. The molecule has 1 N–H and O–H groups in total. The number of carbonyl (C=O) groups is 1. The predicted octanol–water partition coefficient (Wildman–Crippen LogP) is 2.71. The minimum atomic E-state index is 0.243. The molecule has 17 heavy (non-hydrogen) atoms. The van der Waals surface area contributed by atoms with E-state index in [0.29, 0.717) is 5.92 Å². The van der Waals surface area contributed by atoms with Gasteiger partial charge in [0.15, 0.2) is 0 Å². The van der Waals surface area contributed by atoms with Gasteiger partial charge in [0.25, 0.3) is 0 Å². The zero-order chi connectivity index (χ0) is 12.1. The molecule has 1 aromatic rings. The van der Waals surface area contributed by atoms with Gasteiger partial charge in [0, 0.05) is 12.5 Å². The van der Waals surface area contributed by atoms with Gasteiger partial charge >= 0.3 is 0 Å². The average molecular weight is 231 g/mol. The molecule has 92 valence electrons. The lowest BCUT2D eigenvalue weighted by atomic mass is 10.1. The van der Waals surface area contributed by atoms with Gasteiger partial charge in [0.1, 0.15) is 0 Å². The molecule has 1 saturated carbocycles. The highest BCUT2D eigenvalue weighted by atomic mass is 16.2. The lowest BCUT2D eigenvalue weighted by Gasteiger charge is -2.05. The Labute approximate surface area is 103 Å². The first-order chi connectivity index (χ1) is 8.29. The maximum absolute atomic E-state index is 11.4. The van der Waals surface area contributed by atoms with Crippen molar-refractivity contribution in [3.8, 4) is 0 Å². The van der Waals surface area contributed by atoms with Crippen molar-refractivity contribution in [2.75, 3.05) is 6.54 Å². The van der Waals surface area contributed by atoms with Crippen molar-refractivity contribution in [2.45, 2.75) is 39.0 Å². The van der Waals surface area contributed by atoms with Crippen LogP contribution in [0.25, 0.3) is 0 Å². The SMILES string of the molecule is CCCc1ccc(CCNC(=O)C2CC2)cc1. The molecule has 0 radical (unpaired) electrons. The molecule has 0 saturated heterocycles. The monoisotopic (exact) mass is 231 g/mol. The van der Waals surface area contributed by atoms with E-state index in [0.717, 1.165) is 32.2 Å². The second kappa shape index (κ2) is 5.85. The van der Waals surface area contributed by atoms with Gasteiger partial charge in [-0.1, -0.05) is 37.6 Å². The molecule has 2 rings (SSSR count). The standard InChI is InChI=1S/C15H21NO/c1-2-3-12-4-6-13(7-5-12)10-11-16-15(17)14-8-9-14/h4-7,14H,2-3,8-11H2,1H3,(H,16,17). The summed E-state index contributed by atoms with van der Waals surface area (Å²) in [5, 5.41) is 2.99. The third-order valence-electron chi connectivity index (χ3n) is 3.22. The summed E-state index contributed by atoms with van der Waals surface area (Å²) in [7, 11) is 0. The Morgan fingerprint density at radius 2 is 1.76 bits per heavy atom. The molecule has 2 heteroatoms. The van der Waals surface area contributed by atoms with Crippen molar-refractivity contribution in [1.82, 2.24) is 5.32 Å². The zero-order valence-electron chi connectivity index (χ0n) is 10.5. The second-order valence-electron chi connectivity index (χ2n) is 4.88. The first-order valence-electron chi connectivity index (χ1n) is 6.65. The quantitative estimate of drug-likeness (QED) is 0.801. The molecular weight excluding hydrogens is 210 g/mol. The van der Waals surface area contributed by atoms with Crippen LogP contribution in [0, 0.1) is 5.92 Å². The summed E-state index contributed by atoms with van der Waals surface area (Å²) in [5.41, 5.74) is 2.71. The van der Waals surface area contributed by atoms with Gasteiger partial charge in [0.2, 0.25) is 5.91 Å². The normalized spacial score (nSPS) is 14.6. The van der Waals surface area contributed by atoms with Gasteiger partial charge in [-0.25, -0.2) is 0 Å². The molecule has 0 aliphatic heterocycles. The summed E-state index contributed by atoms with van der Waals surface area (Å²) in [6, 6.07) is 8.74. The number of carbonyl (C=O) groups excluding carboxylic acids is 1. The van der Waals surface area contributed by atoms with Crippen molar-refractivity contribution >= 4 is 5.91 Å². The summed E-state index contributed by atoms with van der Waals surface area (Å²) >= 11 is 0. The molecule has 0 atom stereocenters. The van der Waals surface area contributed by atoms with E-state index >= 15 is 0 Å². The Bertz CT molecular complexity index is 365. The van der Waals surface area contributed by atoms with Crippen LogP contribution in [0.1, 0.15) is 37.3 Å². The van der Waals surface area contributed by atoms with Crippen LogP contribution < -0.4 is 5.32 Å². The van der Waals surface area contributed by atoms with E-state index in [9.17, 15) is 4.79 Å². The van der Waals surface area contributed by atoms with Crippen LogP contribution in [-0.4, -0.2) is 12.5 Å². The van der Waals surface area contributed by atoms with Gasteiger partial charge in [0.05, 0.1) is 0 Å². The fourth-order valence-electron chi connectivity index (χ4n) is 1.98. The Kier molecular flexibility index (Phi) is 4.18. The molecule has 0 unspecified atom stereocenters.